The Morgan fingerprint density at radius 2 is 1.44 bits per heavy atom. The molecule has 0 saturated carbocycles. The molecule has 41 heavy (non-hydrogen) atoms. The molecule has 0 unspecified atom stereocenters. The number of benzene rings is 3. The summed E-state index contributed by atoms with van der Waals surface area (Å²) in [5, 5.41) is 12.2. The Morgan fingerprint density at radius 1 is 0.854 bits per heavy atom. The van der Waals surface area contributed by atoms with Gasteiger partial charge in [0.2, 0.25) is 11.8 Å². The Hall–Kier alpha value is -3.01. The van der Waals surface area contributed by atoms with Gasteiger partial charge in [-0.15, -0.1) is 0 Å². The third kappa shape index (κ3) is 9.24. The third-order valence-corrected chi connectivity index (χ3v) is 6.95. The number of carboxylic acids is 1. The average molecular weight is 568 g/mol. The summed E-state index contributed by atoms with van der Waals surface area (Å²) < 4.78 is 5.41. The van der Waals surface area contributed by atoms with Gasteiger partial charge in [0.1, 0.15) is 13.2 Å². The van der Waals surface area contributed by atoms with Crippen molar-refractivity contribution in [2.75, 3.05) is 44.7 Å². The predicted octanol–water partition coefficient (Wildman–Crippen LogP) is 3.82. The maximum absolute atomic E-state index is 12.8. The van der Waals surface area contributed by atoms with Gasteiger partial charge in [0.05, 0.1) is 17.3 Å². The van der Waals surface area contributed by atoms with E-state index in [9.17, 15) is 19.5 Å². The fourth-order valence-corrected chi connectivity index (χ4v) is 5.10. The predicted molar refractivity (Wildman–Crippen MR) is 161 cm³/mol. The number of aromatic carboxylic acids is 1. The molecule has 3 aromatic carbocycles. The van der Waals surface area contributed by atoms with Gasteiger partial charge in [0, 0.05) is 26.2 Å². The Kier molecular flexibility index (Phi) is 12.6. The quantitative estimate of drug-likeness (QED) is 0.342. The molecule has 1 heterocycles. The van der Waals surface area contributed by atoms with Crippen LogP contribution in [-0.2, 0) is 20.7 Å². The second-order valence-electron chi connectivity index (χ2n) is 10.5. The van der Waals surface area contributed by atoms with Crippen molar-refractivity contribution < 1.29 is 24.2 Å². The van der Waals surface area contributed by atoms with E-state index >= 15 is 0 Å². The molecular weight excluding hydrogens is 529 g/mol. The maximum atomic E-state index is 12.8. The van der Waals surface area contributed by atoms with Crippen molar-refractivity contribution in [3.05, 3.63) is 101 Å². The van der Waals surface area contributed by atoms with Crippen LogP contribution in [-0.4, -0.2) is 102 Å². The fourth-order valence-electron chi connectivity index (χ4n) is 5.10. The van der Waals surface area contributed by atoms with Crippen LogP contribution in [0.15, 0.2) is 78.9 Å². The van der Waals surface area contributed by atoms with Crippen molar-refractivity contribution in [2.24, 2.45) is 5.92 Å². The van der Waals surface area contributed by atoms with Crippen molar-refractivity contribution in [1.29, 1.82) is 0 Å². The molecule has 1 aliphatic heterocycles. The first-order chi connectivity index (χ1) is 19.3. The van der Waals surface area contributed by atoms with Gasteiger partial charge in [-0.05, 0) is 41.2 Å². The first kappa shape index (κ1) is 32.5. The van der Waals surface area contributed by atoms with E-state index in [2.05, 4.69) is 48.3 Å². The molecule has 4 rings (SSSR count). The van der Waals surface area contributed by atoms with E-state index in [-0.39, 0.29) is 66.0 Å². The molecule has 0 atom stereocenters. The molecule has 1 aliphatic rings. The fraction of sp³-hybridized carbons (Fsp3) is 0.344. The number of nitrogens with zero attached hydrogens (tertiary/aromatic N) is 2. The Balaban J connectivity index is 0.00000462. The molecule has 1 fully saturated rings. The molecule has 0 aromatic heterocycles. The van der Waals surface area contributed by atoms with E-state index in [1.165, 1.54) is 11.1 Å². The van der Waals surface area contributed by atoms with Crippen LogP contribution in [0.3, 0.4) is 0 Å². The zero-order valence-electron chi connectivity index (χ0n) is 23.1. The molecule has 0 spiro atoms. The number of amides is 2. The molecule has 8 nitrogen and oxygen atoms in total. The zero-order valence-corrected chi connectivity index (χ0v) is 23.1. The van der Waals surface area contributed by atoms with Gasteiger partial charge < -0.3 is 20.1 Å². The molecule has 2 N–H and O–H groups in total. The second-order valence-corrected chi connectivity index (χ2v) is 10.5. The Morgan fingerprint density at radius 3 is 1.98 bits per heavy atom. The number of anilines is 1. The van der Waals surface area contributed by atoms with Gasteiger partial charge in [0.15, 0.2) is 0 Å². The van der Waals surface area contributed by atoms with E-state index in [1.807, 2.05) is 42.5 Å². The summed E-state index contributed by atoms with van der Waals surface area (Å²) in [6, 6.07) is 25.8. The molecule has 2 amide bonds. The first-order valence-electron chi connectivity index (χ1n) is 13.7. The first-order valence-corrected chi connectivity index (χ1v) is 13.7. The number of carbonyl (C=O) groups is 3. The number of rotatable bonds is 11. The summed E-state index contributed by atoms with van der Waals surface area (Å²) in [7, 11) is 0. The average Bonchev–Trinajstić information content (AvgIpc) is 2.95. The van der Waals surface area contributed by atoms with Gasteiger partial charge in [-0.25, -0.2) is 4.79 Å². The summed E-state index contributed by atoms with van der Waals surface area (Å²) >= 11 is 0. The molecule has 1 saturated heterocycles. The van der Waals surface area contributed by atoms with E-state index in [4.69, 9.17) is 4.74 Å². The third-order valence-electron chi connectivity index (χ3n) is 6.95. The standard InChI is InChI=1S/C32H37N3O5.Na.H/c1-23(2)19-24-13-14-28(27(20-24)32(38)39)33-29(36)21-40-22-30(37)34-15-17-35(18-16-34)31(25-9-5-3-6-10-25)26-11-7-4-8-12-26;;/h3-14,20,23,31H,15-19,21-22H2,1-2H3,(H,33,36)(H,38,39);;. The van der Waals surface area contributed by atoms with Crippen LogP contribution in [0.5, 0.6) is 0 Å². The number of hydrogen-bond acceptors (Lipinski definition) is 5. The van der Waals surface area contributed by atoms with Gasteiger partial charge in [-0.2, -0.15) is 0 Å². The summed E-state index contributed by atoms with van der Waals surface area (Å²) in [5.74, 6) is -1.42. The number of hydrogen-bond donors (Lipinski definition) is 2. The normalized spacial score (nSPS) is 13.6. The second kappa shape index (κ2) is 15.8. The molecular formula is C32H38N3NaO5. The zero-order chi connectivity index (χ0) is 28.5. The Labute approximate surface area is 264 Å². The van der Waals surface area contributed by atoms with Gasteiger partial charge >= 0.3 is 35.5 Å². The number of piperazine rings is 1. The summed E-state index contributed by atoms with van der Waals surface area (Å²) in [5.41, 5.74) is 3.56. The van der Waals surface area contributed by atoms with Crippen LogP contribution < -0.4 is 5.32 Å². The molecule has 3 aromatic rings. The van der Waals surface area contributed by atoms with Gasteiger partial charge in [-0.1, -0.05) is 80.6 Å². The van der Waals surface area contributed by atoms with Crippen LogP contribution in [0, 0.1) is 5.92 Å². The van der Waals surface area contributed by atoms with Crippen molar-refractivity contribution in [3.63, 3.8) is 0 Å². The number of carbonyl (C=O) groups excluding carboxylic acids is 2. The Bertz CT molecular complexity index is 1260. The van der Waals surface area contributed by atoms with E-state index in [1.54, 1.807) is 17.0 Å². The van der Waals surface area contributed by atoms with E-state index < -0.39 is 11.9 Å². The van der Waals surface area contributed by atoms with Gasteiger partial charge in [-0.3, -0.25) is 14.5 Å². The number of nitrogens with one attached hydrogen (secondary N) is 1. The van der Waals surface area contributed by atoms with Crippen molar-refractivity contribution in [2.45, 2.75) is 26.3 Å². The summed E-state index contributed by atoms with van der Waals surface area (Å²) in [4.78, 5) is 41.1. The van der Waals surface area contributed by atoms with E-state index in [0.29, 0.717) is 32.1 Å². The van der Waals surface area contributed by atoms with Crippen LogP contribution in [0.4, 0.5) is 5.69 Å². The van der Waals surface area contributed by atoms with Crippen molar-refractivity contribution in [3.8, 4) is 0 Å². The number of ether oxygens (including phenoxy) is 1. The topological polar surface area (TPSA) is 99.2 Å². The van der Waals surface area contributed by atoms with Crippen molar-refractivity contribution in [1.82, 2.24) is 9.80 Å². The van der Waals surface area contributed by atoms with Crippen LogP contribution in [0.25, 0.3) is 0 Å². The minimum atomic E-state index is -1.11. The molecule has 9 heteroatoms. The van der Waals surface area contributed by atoms with E-state index in [0.717, 1.165) is 12.0 Å². The van der Waals surface area contributed by atoms with Crippen molar-refractivity contribution >= 4 is 53.0 Å². The molecule has 0 bridgehead atoms. The molecule has 212 valence electrons. The van der Waals surface area contributed by atoms with Crippen LogP contribution in [0.2, 0.25) is 0 Å². The summed E-state index contributed by atoms with van der Waals surface area (Å²) in [6.45, 7) is 6.11. The SMILES string of the molecule is CC(C)Cc1ccc(NC(=O)COCC(=O)N2CCN(C(c3ccccc3)c3ccccc3)CC2)c(C(=O)O)c1.[NaH]. The van der Waals surface area contributed by atoms with Crippen LogP contribution >= 0.6 is 0 Å². The minimum absolute atomic E-state index is 0. The number of carboxylic acid groups (broad SMARTS) is 1. The van der Waals surface area contributed by atoms with Gasteiger partial charge in [0.25, 0.3) is 0 Å². The molecule has 0 radical (unpaired) electrons. The summed E-state index contributed by atoms with van der Waals surface area (Å²) in [6.07, 6.45) is 0.743. The monoisotopic (exact) mass is 567 g/mol. The molecule has 0 aliphatic carbocycles. The van der Waals surface area contributed by atoms with Crippen LogP contribution in [0.1, 0.15) is 46.9 Å².